The number of halogens is 1. The fourth-order valence-electron chi connectivity index (χ4n) is 2.34. The Labute approximate surface area is 135 Å². The molecule has 1 N–H and O–H groups in total. The van der Waals surface area contributed by atoms with E-state index in [-0.39, 0.29) is 0 Å². The first kappa shape index (κ1) is 18.2. The summed E-state index contributed by atoms with van der Waals surface area (Å²) in [7, 11) is 0. The average molecular weight is 312 g/mol. The van der Waals surface area contributed by atoms with Gasteiger partial charge in [0.05, 0.1) is 5.02 Å². The van der Waals surface area contributed by atoms with Gasteiger partial charge in [0.2, 0.25) is 0 Å². The summed E-state index contributed by atoms with van der Waals surface area (Å²) in [5, 5.41) is 4.14. The van der Waals surface area contributed by atoms with Gasteiger partial charge in [-0.3, -0.25) is 0 Å². The molecule has 4 heteroatoms. The van der Waals surface area contributed by atoms with Crippen LogP contribution < -0.4 is 10.2 Å². The van der Waals surface area contributed by atoms with Gasteiger partial charge in [0.25, 0.3) is 0 Å². The van der Waals surface area contributed by atoms with Gasteiger partial charge in [-0.2, -0.15) is 0 Å². The normalized spacial score (nSPS) is 11.4. The quantitative estimate of drug-likeness (QED) is 0.687. The van der Waals surface area contributed by atoms with E-state index in [0.717, 1.165) is 49.0 Å². The summed E-state index contributed by atoms with van der Waals surface area (Å²) < 4.78 is 0. The van der Waals surface area contributed by atoms with Gasteiger partial charge >= 0.3 is 0 Å². The molecule has 0 aliphatic carbocycles. The topological polar surface area (TPSA) is 28.2 Å². The number of hydrogen-bond acceptors (Lipinski definition) is 3. The molecule has 0 bridgehead atoms. The number of nitrogens with one attached hydrogen (secondary N) is 1. The first-order chi connectivity index (χ1) is 9.93. The molecule has 0 unspecified atom stereocenters. The Hall–Kier alpha value is -0.800. The van der Waals surface area contributed by atoms with Gasteiger partial charge in [0, 0.05) is 25.8 Å². The molecular formula is C17H30ClN3. The lowest BCUT2D eigenvalue weighted by Gasteiger charge is -2.28. The summed E-state index contributed by atoms with van der Waals surface area (Å²) in [6.07, 6.45) is 3.08. The Morgan fingerprint density at radius 3 is 2.29 bits per heavy atom. The van der Waals surface area contributed by atoms with Crippen LogP contribution in [-0.4, -0.2) is 24.6 Å². The van der Waals surface area contributed by atoms with E-state index in [9.17, 15) is 0 Å². The second-order valence-corrected chi connectivity index (χ2v) is 6.93. The molecule has 0 aliphatic heterocycles. The Balaban J connectivity index is 2.83. The van der Waals surface area contributed by atoms with Gasteiger partial charge in [-0.1, -0.05) is 46.2 Å². The average Bonchev–Trinajstić information content (AvgIpc) is 2.37. The third kappa shape index (κ3) is 6.66. The molecule has 0 fully saturated rings. The van der Waals surface area contributed by atoms with Crippen molar-refractivity contribution >= 4 is 17.4 Å². The molecule has 0 aliphatic rings. The molecule has 1 rings (SSSR count). The Kier molecular flexibility index (Phi) is 8.05. The number of pyridine rings is 1. The molecule has 0 amide bonds. The minimum atomic E-state index is 0.590. The van der Waals surface area contributed by atoms with Crippen molar-refractivity contribution in [3.63, 3.8) is 0 Å². The number of anilines is 1. The second-order valence-electron chi connectivity index (χ2n) is 6.52. The predicted octanol–water partition coefficient (Wildman–Crippen LogP) is 4.35. The number of rotatable bonds is 9. The van der Waals surface area contributed by atoms with E-state index in [1.807, 2.05) is 12.3 Å². The van der Waals surface area contributed by atoms with Crippen molar-refractivity contribution < 1.29 is 0 Å². The zero-order valence-electron chi connectivity index (χ0n) is 14.1. The highest BCUT2D eigenvalue weighted by Crippen LogP contribution is 2.25. The van der Waals surface area contributed by atoms with E-state index in [1.54, 1.807) is 0 Å². The van der Waals surface area contributed by atoms with Crippen LogP contribution in [0.2, 0.25) is 5.02 Å². The zero-order valence-corrected chi connectivity index (χ0v) is 14.9. The summed E-state index contributed by atoms with van der Waals surface area (Å²) in [6.45, 7) is 14.9. The van der Waals surface area contributed by atoms with Gasteiger partial charge in [-0.25, -0.2) is 4.98 Å². The second kappa shape index (κ2) is 9.26. The fraction of sp³-hybridized carbons (Fsp3) is 0.706. The van der Waals surface area contributed by atoms with Crippen LogP contribution in [-0.2, 0) is 6.54 Å². The van der Waals surface area contributed by atoms with Crippen molar-refractivity contribution in [1.82, 2.24) is 10.3 Å². The van der Waals surface area contributed by atoms with Crippen LogP contribution in [0.15, 0.2) is 12.3 Å². The summed E-state index contributed by atoms with van der Waals surface area (Å²) in [5.74, 6) is 2.10. The van der Waals surface area contributed by atoms with E-state index in [2.05, 4.69) is 49.8 Å². The van der Waals surface area contributed by atoms with Crippen LogP contribution >= 0.6 is 11.6 Å². The molecule has 0 saturated carbocycles. The van der Waals surface area contributed by atoms with E-state index in [1.165, 1.54) is 0 Å². The van der Waals surface area contributed by atoms with Crippen molar-refractivity contribution in [1.29, 1.82) is 0 Å². The molecule has 3 nitrogen and oxygen atoms in total. The molecule has 0 saturated heterocycles. The van der Waals surface area contributed by atoms with Crippen LogP contribution in [0.5, 0.6) is 0 Å². The lowest BCUT2D eigenvalue weighted by molar-refractivity contribution is 0.548. The van der Waals surface area contributed by atoms with Crippen molar-refractivity contribution in [3.8, 4) is 0 Å². The largest absolute Gasteiger partial charge is 0.355 e. The lowest BCUT2D eigenvalue weighted by atomic mass is 10.1. The Bertz CT molecular complexity index is 408. The Morgan fingerprint density at radius 2 is 1.81 bits per heavy atom. The lowest BCUT2D eigenvalue weighted by Crippen LogP contribution is -2.32. The highest BCUT2D eigenvalue weighted by atomic mass is 35.5. The van der Waals surface area contributed by atoms with Crippen LogP contribution in [0.4, 0.5) is 5.82 Å². The predicted molar refractivity (Wildman–Crippen MR) is 93.1 cm³/mol. The molecule has 1 aromatic heterocycles. The molecule has 0 radical (unpaired) electrons. The zero-order chi connectivity index (χ0) is 15.8. The monoisotopic (exact) mass is 311 g/mol. The Morgan fingerprint density at radius 1 is 1.19 bits per heavy atom. The van der Waals surface area contributed by atoms with Gasteiger partial charge < -0.3 is 10.2 Å². The summed E-state index contributed by atoms with van der Waals surface area (Å²) in [4.78, 5) is 6.92. The molecule has 120 valence electrons. The van der Waals surface area contributed by atoms with Crippen LogP contribution in [0.1, 0.15) is 46.6 Å². The molecule has 0 spiro atoms. The maximum Gasteiger partial charge on any atom is 0.147 e. The maximum absolute atomic E-state index is 6.47. The summed E-state index contributed by atoms with van der Waals surface area (Å²) in [5.41, 5.74) is 1.14. The highest BCUT2D eigenvalue weighted by molar-refractivity contribution is 6.33. The van der Waals surface area contributed by atoms with Crippen molar-refractivity contribution in [2.24, 2.45) is 11.8 Å². The van der Waals surface area contributed by atoms with Gasteiger partial charge in [0.15, 0.2) is 0 Å². The summed E-state index contributed by atoms with van der Waals surface area (Å²) in [6, 6.07) is 2.04. The van der Waals surface area contributed by atoms with E-state index in [4.69, 9.17) is 11.6 Å². The highest BCUT2D eigenvalue weighted by Gasteiger charge is 2.15. The van der Waals surface area contributed by atoms with Crippen molar-refractivity contribution in [2.75, 3.05) is 24.5 Å². The first-order valence-electron chi connectivity index (χ1n) is 8.04. The third-order valence-corrected chi connectivity index (χ3v) is 3.38. The third-order valence-electron chi connectivity index (χ3n) is 3.10. The number of aromatic nitrogens is 1. The van der Waals surface area contributed by atoms with Crippen molar-refractivity contribution in [2.45, 2.75) is 47.6 Å². The van der Waals surface area contributed by atoms with E-state index >= 15 is 0 Å². The molecular weight excluding hydrogens is 282 g/mol. The standard InChI is InChI=1S/C17H30ClN3/c1-6-7-19-9-15-8-16(18)17(20-10-15)21(11-13(2)3)12-14(4)5/h8,10,13-14,19H,6-7,9,11-12H2,1-5H3. The maximum atomic E-state index is 6.47. The molecule has 1 aromatic rings. The van der Waals surface area contributed by atoms with Crippen molar-refractivity contribution in [3.05, 3.63) is 22.8 Å². The molecule has 0 atom stereocenters. The molecule has 0 aromatic carbocycles. The summed E-state index contributed by atoms with van der Waals surface area (Å²) >= 11 is 6.47. The minimum Gasteiger partial charge on any atom is -0.355 e. The van der Waals surface area contributed by atoms with Gasteiger partial charge in [-0.15, -0.1) is 0 Å². The minimum absolute atomic E-state index is 0.590. The van der Waals surface area contributed by atoms with Crippen LogP contribution in [0.25, 0.3) is 0 Å². The first-order valence-corrected chi connectivity index (χ1v) is 8.41. The SMILES string of the molecule is CCCNCc1cnc(N(CC(C)C)CC(C)C)c(Cl)c1. The van der Waals surface area contributed by atoms with Gasteiger partial charge in [0.1, 0.15) is 5.82 Å². The van der Waals surface area contributed by atoms with Gasteiger partial charge in [-0.05, 0) is 36.4 Å². The number of hydrogen-bond donors (Lipinski definition) is 1. The van der Waals surface area contributed by atoms with E-state index in [0.29, 0.717) is 11.8 Å². The fourth-order valence-corrected chi connectivity index (χ4v) is 2.65. The van der Waals surface area contributed by atoms with E-state index < -0.39 is 0 Å². The van der Waals surface area contributed by atoms with Crippen LogP contribution in [0.3, 0.4) is 0 Å². The molecule has 1 heterocycles. The number of nitrogens with zero attached hydrogens (tertiary/aromatic N) is 2. The molecule has 21 heavy (non-hydrogen) atoms. The smallest absolute Gasteiger partial charge is 0.147 e. The van der Waals surface area contributed by atoms with Crippen LogP contribution in [0, 0.1) is 11.8 Å².